The molecule has 1 aliphatic rings. The molecule has 1 fully saturated rings. The molecule has 2 heterocycles. The van der Waals surface area contributed by atoms with Crippen LogP contribution in [0.3, 0.4) is 0 Å². The molecule has 1 N–H and O–H groups in total. The molecule has 5 heteroatoms. The molecular formula is C12H19BrN4. The second-order valence-corrected chi connectivity index (χ2v) is 6.11. The topological polar surface area (TPSA) is 41.0 Å². The molecule has 1 saturated heterocycles. The maximum absolute atomic E-state index is 4.23. The molecular weight excluding hydrogens is 280 g/mol. The quantitative estimate of drug-likeness (QED) is 0.930. The van der Waals surface area contributed by atoms with Gasteiger partial charge in [0.25, 0.3) is 0 Å². The fourth-order valence-electron chi connectivity index (χ4n) is 2.03. The first kappa shape index (κ1) is 12.8. The number of likely N-dealkylation sites (tertiary alicyclic amines) is 1. The molecule has 0 spiro atoms. The largest absolute Gasteiger partial charge is 0.354 e. The number of rotatable bonds is 3. The van der Waals surface area contributed by atoms with E-state index in [1.54, 1.807) is 12.4 Å². The Labute approximate surface area is 111 Å². The Morgan fingerprint density at radius 2 is 1.94 bits per heavy atom. The summed E-state index contributed by atoms with van der Waals surface area (Å²) < 4.78 is 0.911. The molecule has 0 saturated carbocycles. The van der Waals surface area contributed by atoms with Crippen molar-refractivity contribution in [3.8, 4) is 0 Å². The molecule has 0 aromatic carbocycles. The Morgan fingerprint density at radius 1 is 1.35 bits per heavy atom. The summed E-state index contributed by atoms with van der Waals surface area (Å²) in [6.07, 6.45) is 6.00. The van der Waals surface area contributed by atoms with Crippen LogP contribution in [0.1, 0.15) is 19.8 Å². The predicted octanol–water partition coefficient (Wildman–Crippen LogP) is 2.38. The number of piperidine rings is 1. The minimum absolute atomic E-state index is 0.364. The van der Waals surface area contributed by atoms with Crippen molar-refractivity contribution in [2.24, 2.45) is 5.41 Å². The van der Waals surface area contributed by atoms with Crippen molar-refractivity contribution in [3.63, 3.8) is 0 Å². The molecule has 0 amide bonds. The Balaban J connectivity index is 1.87. The fraction of sp³-hybridized carbons (Fsp3) is 0.667. The van der Waals surface area contributed by atoms with Gasteiger partial charge in [-0.25, -0.2) is 9.97 Å². The van der Waals surface area contributed by atoms with Gasteiger partial charge in [0.1, 0.15) is 0 Å². The van der Waals surface area contributed by atoms with Crippen LogP contribution in [-0.2, 0) is 0 Å². The average molecular weight is 299 g/mol. The summed E-state index contributed by atoms with van der Waals surface area (Å²) in [5, 5.41) is 3.34. The van der Waals surface area contributed by atoms with Crippen molar-refractivity contribution in [1.29, 1.82) is 0 Å². The first-order valence-corrected chi connectivity index (χ1v) is 6.77. The average Bonchev–Trinajstić information content (AvgIpc) is 2.33. The van der Waals surface area contributed by atoms with E-state index in [4.69, 9.17) is 0 Å². The van der Waals surface area contributed by atoms with Crippen molar-refractivity contribution in [1.82, 2.24) is 14.9 Å². The summed E-state index contributed by atoms with van der Waals surface area (Å²) in [4.78, 5) is 10.8. The van der Waals surface area contributed by atoms with Crippen LogP contribution in [0.2, 0.25) is 0 Å². The molecule has 0 aliphatic carbocycles. The van der Waals surface area contributed by atoms with E-state index in [9.17, 15) is 0 Å². The molecule has 94 valence electrons. The maximum Gasteiger partial charge on any atom is 0.222 e. The van der Waals surface area contributed by atoms with Crippen molar-refractivity contribution in [3.05, 3.63) is 16.9 Å². The van der Waals surface area contributed by atoms with Crippen molar-refractivity contribution in [2.75, 3.05) is 32.0 Å². The number of hydrogen-bond acceptors (Lipinski definition) is 4. The number of nitrogens with zero attached hydrogens (tertiary/aromatic N) is 3. The SMILES string of the molecule is CN1CCC(C)(CNc2ncc(Br)cn2)CC1. The predicted molar refractivity (Wildman–Crippen MR) is 73.1 cm³/mol. The summed E-state index contributed by atoms with van der Waals surface area (Å²) >= 11 is 3.33. The summed E-state index contributed by atoms with van der Waals surface area (Å²) in [5.74, 6) is 0.716. The van der Waals surface area contributed by atoms with Crippen molar-refractivity contribution >= 4 is 21.9 Å². The third-order valence-electron chi connectivity index (χ3n) is 3.49. The van der Waals surface area contributed by atoms with Crippen molar-refractivity contribution < 1.29 is 0 Å². The monoisotopic (exact) mass is 298 g/mol. The normalized spacial score (nSPS) is 20.2. The van der Waals surface area contributed by atoms with Crippen LogP contribution in [0, 0.1) is 5.41 Å². The highest BCUT2D eigenvalue weighted by molar-refractivity contribution is 9.10. The number of aromatic nitrogens is 2. The lowest BCUT2D eigenvalue weighted by Gasteiger charge is -2.37. The molecule has 1 aromatic rings. The second-order valence-electron chi connectivity index (χ2n) is 5.19. The van der Waals surface area contributed by atoms with Gasteiger partial charge in [0, 0.05) is 18.9 Å². The Morgan fingerprint density at radius 3 is 2.53 bits per heavy atom. The molecule has 1 aliphatic heterocycles. The molecule has 0 radical (unpaired) electrons. The van der Waals surface area contributed by atoms with E-state index >= 15 is 0 Å². The first-order chi connectivity index (χ1) is 8.07. The Bertz CT molecular complexity index is 357. The highest BCUT2D eigenvalue weighted by atomic mass is 79.9. The lowest BCUT2D eigenvalue weighted by molar-refractivity contribution is 0.150. The van der Waals surface area contributed by atoms with E-state index in [1.807, 2.05) is 0 Å². The van der Waals surface area contributed by atoms with Gasteiger partial charge in [-0.1, -0.05) is 6.92 Å². The number of hydrogen-bond donors (Lipinski definition) is 1. The molecule has 2 rings (SSSR count). The van der Waals surface area contributed by atoms with Crippen molar-refractivity contribution in [2.45, 2.75) is 19.8 Å². The van der Waals surface area contributed by atoms with E-state index in [-0.39, 0.29) is 0 Å². The standard InChI is InChI=1S/C12H19BrN4/c1-12(3-5-17(2)6-4-12)9-16-11-14-7-10(13)8-15-11/h7-8H,3-6,9H2,1-2H3,(H,14,15,16). The van der Waals surface area contributed by atoms with Crippen LogP contribution in [0.5, 0.6) is 0 Å². The first-order valence-electron chi connectivity index (χ1n) is 5.97. The van der Waals surface area contributed by atoms with Gasteiger partial charge in [0.05, 0.1) is 4.47 Å². The summed E-state index contributed by atoms with van der Waals surface area (Å²) in [6.45, 7) is 5.65. The lowest BCUT2D eigenvalue weighted by atomic mass is 9.80. The molecule has 0 unspecified atom stereocenters. The minimum Gasteiger partial charge on any atom is -0.354 e. The third-order valence-corrected chi connectivity index (χ3v) is 3.90. The van der Waals surface area contributed by atoms with Crippen LogP contribution in [0.4, 0.5) is 5.95 Å². The Hall–Kier alpha value is -0.680. The van der Waals surface area contributed by atoms with Crippen LogP contribution in [-0.4, -0.2) is 41.5 Å². The van der Waals surface area contributed by atoms with Crippen LogP contribution in [0.15, 0.2) is 16.9 Å². The highest BCUT2D eigenvalue weighted by Crippen LogP contribution is 2.30. The smallest absolute Gasteiger partial charge is 0.222 e. The zero-order valence-corrected chi connectivity index (χ0v) is 12.0. The third kappa shape index (κ3) is 3.64. The maximum atomic E-state index is 4.23. The van der Waals surface area contributed by atoms with E-state index in [1.165, 1.54) is 25.9 Å². The van der Waals surface area contributed by atoms with Gasteiger partial charge < -0.3 is 10.2 Å². The lowest BCUT2D eigenvalue weighted by Crippen LogP contribution is -2.40. The van der Waals surface area contributed by atoms with Gasteiger partial charge in [-0.15, -0.1) is 0 Å². The van der Waals surface area contributed by atoms with E-state index in [2.05, 4.69) is 50.1 Å². The zero-order valence-electron chi connectivity index (χ0n) is 10.4. The summed E-state index contributed by atoms with van der Waals surface area (Å²) in [6, 6.07) is 0. The number of halogens is 1. The van der Waals surface area contributed by atoms with E-state index in [0.717, 1.165) is 11.0 Å². The minimum atomic E-state index is 0.364. The zero-order chi connectivity index (χ0) is 12.3. The van der Waals surface area contributed by atoms with Gasteiger partial charge >= 0.3 is 0 Å². The van der Waals surface area contributed by atoms with E-state index in [0.29, 0.717) is 11.4 Å². The number of anilines is 1. The fourth-order valence-corrected chi connectivity index (χ4v) is 2.24. The number of nitrogens with one attached hydrogen (secondary N) is 1. The molecule has 1 aromatic heterocycles. The summed E-state index contributed by atoms with van der Waals surface area (Å²) in [7, 11) is 2.19. The van der Waals surface area contributed by atoms with Crippen LogP contribution in [0.25, 0.3) is 0 Å². The second kappa shape index (κ2) is 5.31. The molecule has 17 heavy (non-hydrogen) atoms. The van der Waals surface area contributed by atoms with Gasteiger partial charge in [-0.3, -0.25) is 0 Å². The van der Waals surface area contributed by atoms with Gasteiger partial charge in [0.2, 0.25) is 5.95 Å². The van der Waals surface area contributed by atoms with Gasteiger partial charge in [-0.05, 0) is 54.3 Å². The van der Waals surface area contributed by atoms with Gasteiger partial charge in [-0.2, -0.15) is 0 Å². The highest BCUT2D eigenvalue weighted by Gasteiger charge is 2.28. The molecule has 4 nitrogen and oxygen atoms in total. The summed E-state index contributed by atoms with van der Waals surface area (Å²) in [5.41, 5.74) is 0.364. The van der Waals surface area contributed by atoms with E-state index < -0.39 is 0 Å². The molecule has 0 atom stereocenters. The van der Waals surface area contributed by atoms with Crippen LogP contribution < -0.4 is 5.32 Å². The molecule has 0 bridgehead atoms. The Kier molecular flexibility index (Phi) is 3.99. The van der Waals surface area contributed by atoms with Crippen LogP contribution >= 0.6 is 15.9 Å². The van der Waals surface area contributed by atoms with Gasteiger partial charge in [0.15, 0.2) is 0 Å².